The summed E-state index contributed by atoms with van der Waals surface area (Å²) in [6.45, 7) is 9.34. The number of pyridine rings is 2. The zero-order chi connectivity index (χ0) is 57.7. The summed E-state index contributed by atoms with van der Waals surface area (Å²) < 4.78 is 40.6. The normalized spacial score (nSPS) is 22.9. The molecule has 0 amide bonds. The monoisotopic (exact) mass is 1150 g/mol. The van der Waals surface area contributed by atoms with Gasteiger partial charge in [0.25, 0.3) is 5.56 Å². The van der Waals surface area contributed by atoms with E-state index in [9.17, 15) is 4.79 Å². The minimum Gasteiger partial charge on any atom is -0.497 e. The second-order valence-electron chi connectivity index (χ2n) is 23.5. The summed E-state index contributed by atoms with van der Waals surface area (Å²) in [5.41, 5.74) is 8.22. The number of ether oxygens (including phenoxy) is 6. The Morgan fingerprint density at radius 2 is 1.02 bits per heavy atom. The molecule has 8 heterocycles. The molecule has 0 bridgehead atoms. The zero-order valence-corrected chi connectivity index (χ0v) is 48.8. The predicted molar refractivity (Wildman–Crippen MR) is 326 cm³/mol. The lowest BCUT2D eigenvalue weighted by molar-refractivity contribution is -0.160. The quantitative estimate of drug-likeness (QED) is 0.0776. The molecule has 8 atom stereocenters. The number of rotatable bonds is 16. The van der Waals surface area contributed by atoms with Crippen molar-refractivity contribution in [3.8, 4) is 11.5 Å². The SMILES string of the molecule is COc1ccc(CNc2ccc3ccc(CC[C@H]4C[C@@H](n5ccc6c(=O)[nH]cnc65)[C@@H]5OC(C)(C)O[C@H]45)cc3n2)cc1.COc1ccc(CNc2ccc3ccc(CC[C@H]4C[C@@H](n5ccc6c(Cl)ncnc65)[C@@H]5OC(C)(C)O[C@H]45)cc3n2)cc1. The number of aryl methyl sites for hydroxylation is 2. The van der Waals surface area contributed by atoms with Gasteiger partial charge in [0.05, 0.1) is 66.6 Å². The summed E-state index contributed by atoms with van der Waals surface area (Å²) >= 11 is 6.35. The fourth-order valence-corrected chi connectivity index (χ4v) is 13.3. The number of H-pyrrole nitrogens is 1. The van der Waals surface area contributed by atoms with E-state index in [0.29, 0.717) is 41.1 Å². The number of hydrogen-bond donors (Lipinski definition) is 3. The first kappa shape index (κ1) is 55.3. The van der Waals surface area contributed by atoms with Gasteiger partial charge in [0, 0.05) is 36.3 Å². The van der Waals surface area contributed by atoms with Crippen LogP contribution >= 0.6 is 11.6 Å². The summed E-state index contributed by atoms with van der Waals surface area (Å²) in [7, 11) is 3.35. The maximum Gasteiger partial charge on any atom is 0.260 e. The Kier molecular flexibility index (Phi) is 15.1. The van der Waals surface area contributed by atoms with E-state index in [1.54, 1.807) is 14.2 Å². The van der Waals surface area contributed by atoms with Gasteiger partial charge in [0.15, 0.2) is 11.6 Å². The van der Waals surface area contributed by atoms with Crippen LogP contribution in [-0.4, -0.2) is 89.2 Å². The van der Waals surface area contributed by atoms with Crippen molar-refractivity contribution >= 4 is 67.1 Å². The third kappa shape index (κ3) is 11.4. The number of aromatic amines is 1. The molecule has 2 aliphatic heterocycles. The number of methoxy groups -OCH3 is 2. The van der Waals surface area contributed by atoms with Crippen LogP contribution < -0.4 is 25.7 Å². The molecule has 3 N–H and O–H groups in total. The van der Waals surface area contributed by atoms with Crippen molar-refractivity contribution in [1.29, 1.82) is 0 Å². The van der Waals surface area contributed by atoms with Crippen molar-refractivity contribution in [2.45, 2.75) is 127 Å². The zero-order valence-electron chi connectivity index (χ0n) is 48.0. The molecule has 84 heavy (non-hydrogen) atoms. The summed E-state index contributed by atoms with van der Waals surface area (Å²) in [4.78, 5) is 38.0. The van der Waals surface area contributed by atoms with Gasteiger partial charge >= 0.3 is 0 Å². The highest BCUT2D eigenvalue weighted by Gasteiger charge is 2.55. The molecule has 4 aromatic carbocycles. The third-order valence-corrected chi connectivity index (χ3v) is 17.5. The average molecular weight is 1150 g/mol. The molecule has 432 valence electrons. The second kappa shape index (κ2) is 22.9. The van der Waals surface area contributed by atoms with Crippen molar-refractivity contribution in [3.05, 3.63) is 184 Å². The number of fused-ring (bicyclic) bond motifs is 6. The second-order valence-corrected chi connectivity index (χ2v) is 23.9. The van der Waals surface area contributed by atoms with Crippen molar-refractivity contribution in [2.24, 2.45) is 11.8 Å². The van der Waals surface area contributed by atoms with Gasteiger partial charge in [-0.1, -0.05) is 60.1 Å². The molecular weight excluding hydrogens is 1080 g/mol. The topological polar surface area (TPSA) is 187 Å². The Bertz CT molecular complexity index is 4050. The van der Waals surface area contributed by atoms with Crippen LogP contribution in [0.2, 0.25) is 5.15 Å². The molecule has 2 saturated carbocycles. The van der Waals surface area contributed by atoms with Gasteiger partial charge in [-0.15, -0.1) is 0 Å². The molecule has 6 aromatic heterocycles. The smallest absolute Gasteiger partial charge is 0.260 e. The number of hydrogen-bond acceptors (Lipinski definition) is 14. The molecular formula is C66H69ClN10O7. The predicted octanol–water partition coefficient (Wildman–Crippen LogP) is 12.6. The van der Waals surface area contributed by atoms with Crippen LogP contribution in [0.25, 0.3) is 43.9 Å². The lowest BCUT2D eigenvalue weighted by Crippen LogP contribution is -2.27. The third-order valence-electron chi connectivity index (χ3n) is 17.2. The molecule has 18 heteroatoms. The van der Waals surface area contributed by atoms with Crippen molar-refractivity contribution in [3.63, 3.8) is 0 Å². The van der Waals surface area contributed by atoms with E-state index in [1.165, 1.54) is 29.3 Å². The van der Waals surface area contributed by atoms with E-state index in [2.05, 4.69) is 119 Å². The number of aromatic nitrogens is 8. The Balaban J connectivity index is 0.000000157. The highest BCUT2D eigenvalue weighted by atomic mass is 35.5. The first-order valence-corrected chi connectivity index (χ1v) is 29.4. The first-order chi connectivity index (χ1) is 40.7. The number of benzene rings is 4. The van der Waals surface area contributed by atoms with Gasteiger partial charge in [0.1, 0.15) is 58.1 Å². The Hall–Kier alpha value is -7.93. The largest absolute Gasteiger partial charge is 0.497 e. The molecule has 0 spiro atoms. The Morgan fingerprint density at radius 3 is 1.52 bits per heavy atom. The standard InChI is InChI=1S/C33H34ClN5O3.C33H35N5O4/c1-33(2)41-29-23(17-27(30(29)42-33)39-15-14-25-31(34)36-19-37-32(25)39)9-5-20-4-8-22-10-13-28(38-26(22)16-20)35-18-21-6-11-24(40-3)12-7-21;1-33(2)41-29-23(17-27(30(29)42-33)38-15-14-25-31(38)35-19-36-32(25)39)9-5-20-4-8-22-10-13-28(37-26(22)16-20)34-18-21-6-11-24(40-3)12-7-21/h4,6-8,10-16,19,23,27,29-30H,5,9,17-18H2,1-3H3,(H,35,38);4,6-8,10-16,19,23,27,29-30H,5,9,17-18H2,1-3H3,(H,34,37)(H,35,36,39)/t2*23-,27+,29+,30-/m00/s1. The molecule has 4 aliphatic rings. The van der Waals surface area contributed by atoms with Crippen LogP contribution in [0.3, 0.4) is 0 Å². The minimum atomic E-state index is -0.651. The molecule has 10 aromatic rings. The Morgan fingerprint density at radius 1 is 0.571 bits per heavy atom. The molecule has 4 fully saturated rings. The van der Waals surface area contributed by atoms with E-state index in [4.69, 9.17) is 50.0 Å². The molecule has 14 rings (SSSR count). The van der Waals surface area contributed by atoms with Crippen molar-refractivity contribution in [1.82, 2.24) is 39.0 Å². The lowest BCUT2D eigenvalue weighted by atomic mass is 9.95. The van der Waals surface area contributed by atoms with E-state index in [0.717, 1.165) is 100 Å². The fourth-order valence-electron chi connectivity index (χ4n) is 13.1. The molecule has 0 radical (unpaired) electrons. The maximum absolute atomic E-state index is 12.3. The van der Waals surface area contributed by atoms with Crippen molar-refractivity contribution in [2.75, 3.05) is 24.9 Å². The van der Waals surface area contributed by atoms with E-state index >= 15 is 0 Å². The summed E-state index contributed by atoms with van der Waals surface area (Å²) in [5, 5.41) is 11.1. The average Bonchev–Trinajstić information content (AvgIpc) is 2.70. The van der Waals surface area contributed by atoms with Gasteiger partial charge in [-0.3, -0.25) is 4.79 Å². The molecule has 2 saturated heterocycles. The molecule has 17 nitrogen and oxygen atoms in total. The van der Waals surface area contributed by atoms with Gasteiger partial charge < -0.3 is 53.2 Å². The Labute approximate surface area is 492 Å². The summed E-state index contributed by atoms with van der Waals surface area (Å²) in [6, 6.07) is 41.5. The summed E-state index contributed by atoms with van der Waals surface area (Å²) in [5.74, 6) is 2.79. The highest BCUT2D eigenvalue weighted by Crippen LogP contribution is 2.51. The first-order valence-electron chi connectivity index (χ1n) is 29.0. The fraction of sp³-hybridized carbons (Fsp3) is 0.364. The van der Waals surface area contributed by atoms with Gasteiger partial charge in [-0.2, -0.15) is 0 Å². The van der Waals surface area contributed by atoms with E-state index in [-0.39, 0.29) is 42.1 Å². The maximum atomic E-state index is 12.3. The van der Waals surface area contributed by atoms with Crippen molar-refractivity contribution < 1.29 is 28.4 Å². The number of nitrogens with zero attached hydrogens (tertiary/aromatic N) is 7. The minimum absolute atomic E-state index is 0.0169. The number of halogens is 1. The van der Waals surface area contributed by atoms with Gasteiger partial charge in [0.2, 0.25) is 0 Å². The van der Waals surface area contributed by atoms with Crippen LogP contribution in [0.1, 0.15) is 87.7 Å². The van der Waals surface area contributed by atoms with Crippen LogP contribution in [-0.2, 0) is 44.9 Å². The van der Waals surface area contributed by atoms with E-state index in [1.807, 2.05) is 82.4 Å². The summed E-state index contributed by atoms with van der Waals surface area (Å²) in [6.07, 6.45) is 12.5. The van der Waals surface area contributed by atoms with Crippen LogP contribution in [0.15, 0.2) is 151 Å². The molecule has 2 aliphatic carbocycles. The van der Waals surface area contributed by atoms with Crippen LogP contribution in [0.4, 0.5) is 11.6 Å². The number of anilines is 2. The van der Waals surface area contributed by atoms with Gasteiger partial charge in [-0.25, -0.2) is 24.9 Å². The number of nitrogens with one attached hydrogen (secondary N) is 3. The van der Waals surface area contributed by atoms with E-state index < -0.39 is 11.6 Å². The van der Waals surface area contributed by atoms with Gasteiger partial charge in [-0.05, 0) is 173 Å². The highest BCUT2D eigenvalue weighted by molar-refractivity contribution is 6.33. The van der Waals surface area contributed by atoms with Crippen LogP contribution in [0, 0.1) is 11.8 Å². The lowest BCUT2D eigenvalue weighted by Gasteiger charge is -2.24. The molecule has 0 unspecified atom stereocenters. The van der Waals surface area contributed by atoms with Crippen LogP contribution in [0.5, 0.6) is 11.5 Å².